The van der Waals surface area contributed by atoms with Crippen molar-refractivity contribution in [2.45, 2.75) is 6.92 Å². The van der Waals surface area contributed by atoms with Crippen LogP contribution in [0.3, 0.4) is 0 Å². The Morgan fingerprint density at radius 1 is 1.50 bits per heavy atom. The molecule has 2 aromatic heterocycles. The Labute approximate surface area is 74.1 Å². The second-order valence-corrected chi connectivity index (χ2v) is 3.79. The molecule has 12 heavy (non-hydrogen) atoms. The lowest BCUT2D eigenvalue weighted by Gasteiger charge is -1.87. The van der Waals surface area contributed by atoms with Gasteiger partial charge in [-0.15, -0.1) is 11.3 Å². The molecule has 0 saturated heterocycles. The molecule has 0 amide bonds. The molecule has 2 rings (SSSR count). The largest absolute Gasteiger partial charge is 0.226 e. The SMILES string of the molecule is Cc1cc2ccc(C#N)nc2s1. The molecule has 3 heteroatoms. The van der Waals surface area contributed by atoms with E-state index in [0.29, 0.717) is 5.69 Å². The molecule has 0 aromatic carbocycles. The monoisotopic (exact) mass is 174 g/mol. The lowest BCUT2D eigenvalue weighted by Crippen LogP contribution is -1.78. The van der Waals surface area contributed by atoms with Crippen LogP contribution in [-0.2, 0) is 0 Å². The fourth-order valence-corrected chi connectivity index (χ4v) is 1.99. The molecule has 0 spiro atoms. The van der Waals surface area contributed by atoms with Crippen LogP contribution >= 0.6 is 11.3 Å². The smallest absolute Gasteiger partial charge is 0.142 e. The quantitative estimate of drug-likeness (QED) is 0.615. The molecule has 0 aliphatic carbocycles. The normalized spacial score (nSPS) is 10.0. The first-order valence-electron chi connectivity index (χ1n) is 3.57. The van der Waals surface area contributed by atoms with Crippen LogP contribution in [0.5, 0.6) is 0 Å². The van der Waals surface area contributed by atoms with Crippen LogP contribution in [0.2, 0.25) is 0 Å². The molecule has 0 N–H and O–H groups in total. The summed E-state index contributed by atoms with van der Waals surface area (Å²) < 4.78 is 0. The number of pyridine rings is 1. The third-order valence-electron chi connectivity index (χ3n) is 1.62. The molecular formula is C9H6N2S. The summed E-state index contributed by atoms with van der Waals surface area (Å²) in [6, 6.07) is 7.78. The maximum absolute atomic E-state index is 8.60. The fraction of sp³-hybridized carbons (Fsp3) is 0.111. The molecule has 0 fully saturated rings. The lowest BCUT2D eigenvalue weighted by atomic mass is 10.3. The van der Waals surface area contributed by atoms with E-state index in [1.807, 2.05) is 19.1 Å². The van der Waals surface area contributed by atoms with Crippen molar-refractivity contribution in [2.24, 2.45) is 0 Å². The number of hydrogen-bond acceptors (Lipinski definition) is 3. The average Bonchev–Trinajstić information content (AvgIpc) is 2.43. The van der Waals surface area contributed by atoms with Crippen molar-refractivity contribution in [1.29, 1.82) is 5.26 Å². The molecule has 0 unspecified atom stereocenters. The van der Waals surface area contributed by atoms with Crippen molar-refractivity contribution in [2.75, 3.05) is 0 Å². The Kier molecular flexibility index (Phi) is 1.56. The Morgan fingerprint density at radius 3 is 3.08 bits per heavy atom. The van der Waals surface area contributed by atoms with Crippen LogP contribution in [0.25, 0.3) is 10.2 Å². The molecule has 2 heterocycles. The van der Waals surface area contributed by atoms with Crippen LogP contribution in [-0.4, -0.2) is 4.98 Å². The van der Waals surface area contributed by atoms with E-state index in [4.69, 9.17) is 5.26 Å². The van der Waals surface area contributed by atoms with Gasteiger partial charge >= 0.3 is 0 Å². The summed E-state index contributed by atoms with van der Waals surface area (Å²) in [4.78, 5) is 6.35. The summed E-state index contributed by atoms with van der Waals surface area (Å²) in [6.07, 6.45) is 0. The van der Waals surface area contributed by atoms with Crippen LogP contribution < -0.4 is 0 Å². The number of aryl methyl sites for hydroxylation is 1. The van der Waals surface area contributed by atoms with Gasteiger partial charge in [0.2, 0.25) is 0 Å². The van der Waals surface area contributed by atoms with Crippen molar-refractivity contribution in [3.63, 3.8) is 0 Å². The minimum absolute atomic E-state index is 0.490. The molecule has 2 nitrogen and oxygen atoms in total. The van der Waals surface area contributed by atoms with Gasteiger partial charge < -0.3 is 0 Å². The van der Waals surface area contributed by atoms with Gasteiger partial charge in [-0.1, -0.05) is 0 Å². The molecule has 2 aromatic rings. The van der Waals surface area contributed by atoms with E-state index in [-0.39, 0.29) is 0 Å². The first-order chi connectivity index (χ1) is 5.79. The summed E-state index contributed by atoms with van der Waals surface area (Å²) in [7, 11) is 0. The van der Waals surface area contributed by atoms with E-state index in [0.717, 1.165) is 10.2 Å². The zero-order valence-electron chi connectivity index (χ0n) is 6.53. The van der Waals surface area contributed by atoms with E-state index in [2.05, 4.69) is 11.1 Å². The second-order valence-electron chi connectivity index (χ2n) is 2.56. The van der Waals surface area contributed by atoms with E-state index >= 15 is 0 Å². The van der Waals surface area contributed by atoms with Gasteiger partial charge in [0, 0.05) is 10.3 Å². The number of hydrogen-bond donors (Lipinski definition) is 0. The van der Waals surface area contributed by atoms with Gasteiger partial charge in [-0.05, 0) is 25.1 Å². The minimum atomic E-state index is 0.490. The summed E-state index contributed by atoms with van der Waals surface area (Å²) in [5, 5.41) is 9.72. The van der Waals surface area contributed by atoms with Gasteiger partial charge in [0.15, 0.2) is 0 Å². The van der Waals surface area contributed by atoms with Crippen molar-refractivity contribution in [3.8, 4) is 6.07 Å². The third kappa shape index (κ3) is 1.06. The number of fused-ring (bicyclic) bond motifs is 1. The molecule has 0 radical (unpaired) electrons. The molecule has 58 valence electrons. The van der Waals surface area contributed by atoms with Crippen molar-refractivity contribution < 1.29 is 0 Å². The summed E-state index contributed by atoms with van der Waals surface area (Å²) >= 11 is 1.62. The topological polar surface area (TPSA) is 36.7 Å². The van der Waals surface area contributed by atoms with Crippen LogP contribution in [0.15, 0.2) is 18.2 Å². The van der Waals surface area contributed by atoms with Crippen LogP contribution in [0, 0.1) is 18.3 Å². The Hall–Kier alpha value is -1.40. The van der Waals surface area contributed by atoms with Crippen molar-refractivity contribution in [3.05, 3.63) is 28.8 Å². The van der Waals surface area contributed by atoms with Gasteiger partial charge in [0.1, 0.15) is 16.6 Å². The van der Waals surface area contributed by atoms with Crippen LogP contribution in [0.1, 0.15) is 10.6 Å². The Bertz CT molecular complexity index is 465. The number of nitrogens with zero attached hydrogens (tertiary/aromatic N) is 2. The maximum Gasteiger partial charge on any atom is 0.142 e. The number of thiophene rings is 1. The van der Waals surface area contributed by atoms with Gasteiger partial charge in [-0.3, -0.25) is 0 Å². The van der Waals surface area contributed by atoms with Gasteiger partial charge in [0.05, 0.1) is 0 Å². The van der Waals surface area contributed by atoms with E-state index in [1.54, 1.807) is 17.4 Å². The van der Waals surface area contributed by atoms with Gasteiger partial charge in [-0.2, -0.15) is 5.26 Å². The zero-order valence-corrected chi connectivity index (χ0v) is 7.35. The van der Waals surface area contributed by atoms with Crippen molar-refractivity contribution in [1.82, 2.24) is 4.98 Å². The van der Waals surface area contributed by atoms with Gasteiger partial charge in [0.25, 0.3) is 0 Å². The van der Waals surface area contributed by atoms with Crippen molar-refractivity contribution >= 4 is 21.6 Å². The predicted octanol–water partition coefficient (Wildman–Crippen LogP) is 2.48. The Morgan fingerprint density at radius 2 is 2.33 bits per heavy atom. The standard InChI is InChI=1S/C9H6N2S/c1-6-4-7-2-3-8(5-10)11-9(7)12-6/h2-4H,1H3. The zero-order chi connectivity index (χ0) is 8.55. The fourth-order valence-electron chi connectivity index (χ4n) is 1.11. The molecule has 0 saturated carbocycles. The first-order valence-corrected chi connectivity index (χ1v) is 4.38. The second kappa shape index (κ2) is 2.58. The number of nitriles is 1. The number of aromatic nitrogens is 1. The highest BCUT2D eigenvalue weighted by molar-refractivity contribution is 7.18. The summed E-state index contributed by atoms with van der Waals surface area (Å²) in [5.41, 5.74) is 0.490. The highest BCUT2D eigenvalue weighted by atomic mass is 32.1. The Balaban J connectivity index is 2.77. The molecule has 0 bridgehead atoms. The van der Waals surface area contributed by atoms with Crippen LogP contribution in [0.4, 0.5) is 0 Å². The molecular weight excluding hydrogens is 168 g/mol. The predicted molar refractivity (Wildman–Crippen MR) is 49.1 cm³/mol. The van der Waals surface area contributed by atoms with Gasteiger partial charge in [-0.25, -0.2) is 4.98 Å². The third-order valence-corrected chi connectivity index (χ3v) is 2.58. The number of rotatable bonds is 0. The minimum Gasteiger partial charge on any atom is -0.226 e. The lowest BCUT2D eigenvalue weighted by molar-refractivity contribution is 1.34. The molecule has 0 aliphatic heterocycles. The molecule has 0 atom stereocenters. The highest BCUT2D eigenvalue weighted by Gasteiger charge is 2.00. The van der Waals surface area contributed by atoms with E-state index < -0.39 is 0 Å². The first kappa shape index (κ1) is 7.26. The van der Waals surface area contributed by atoms with E-state index in [1.165, 1.54) is 4.88 Å². The summed E-state index contributed by atoms with van der Waals surface area (Å²) in [6.45, 7) is 2.04. The average molecular weight is 174 g/mol. The van der Waals surface area contributed by atoms with E-state index in [9.17, 15) is 0 Å². The maximum atomic E-state index is 8.60. The highest BCUT2D eigenvalue weighted by Crippen LogP contribution is 2.22. The molecule has 0 aliphatic rings. The summed E-state index contributed by atoms with van der Waals surface area (Å²) in [5.74, 6) is 0.